The largest absolute Gasteiger partial charge is 0.465 e. The molecule has 0 unspecified atom stereocenters. The van der Waals surface area contributed by atoms with Crippen molar-refractivity contribution in [2.24, 2.45) is 11.3 Å². The number of piperidine rings is 1. The number of ether oxygens (including phenoxy) is 1. The third-order valence-electron chi connectivity index (χ3n) is 7.06. The summed E-state index contributed by atoms with van der Waals surface area (Å²) in [5, 5.41) is 15.1. The maximum Gasteiger partial charge on any atom is 0.337 e. The van der Waals surface area contributed by atoms with Crippen molar-refractivity contribution < 1.29 is 24.2 Å². The van der Waals surface area contributed by atoms with Crippen LogP contribution in [0.4, 0.5) is 0 Å². The van der Waals surface area contributed by atoms with Gasteiger partial charge in [0.05, 0.1) is 18.3 Å². The average Bonchev–Trinajstić information content (AvgIpc) is 2.82. The van der Waals surface area contributed by atoms with E-state index in [9.17, 15) is 19.5 Å². The predicted molar refractivity (Wildman–Crippen MR) is 139 cm³/mol. The number of nitrogens with zero attached hydrogens (tertiary/aromatic N) is 1. The fourth-order valence-corrected chi connectivity index (χ4v) is 4.98. The Bertz CT molecular complexity index is 1150. The molecule has 0 bridgehead atoms. The van der Waals surface area contributed by atoms with E-state index in [0.29, 0.717) is 24.5 Å². The summed E-state index contributed by atoms with van der Waals surface area (Å²) in [7, 11) is 1.28. The molecule has 2 aromatic carbocycles. The van der Waals surface area contributed by atoms with Gasteiger partial charge in [0.25, 0.3) is 5.91 Å². The molecular formula is C28H35ClN2O5. The van der Waals surface area contributed by atoms with Crippen LogP contribution in [0.25, 0.3) is 0 Å². The van der Waals surface area contributed by atoms with Gasteiger partial charge in [-0.1, -0.05) is 51.4 Å². The number of amides is 2. The fourth-order valence-electron chi connectivity index (χ4n) is 4.86. The summed E-state index contributed by atoms with van der Waals surface area (Å²) in [6, 6.07) is 11.2. The summed E-state index contributed by atoms with van der Waals surface area (Å²) < 4.78 is 4.78. The molecule has 0 saturated carbocycles. The third kappa shape index (κ3) is 5.57. The number of halogens is 1. The Labute approximate surface area is 217 Å². The number of aryl methyl sites for hydroxylation is 1. The molecular weight excluding hydrogens is 480 g/mol. The van der Waals surface area contributed by atoms with Crippen LogP contribution in [0.1, 0.15) is 66.0 Å². The Morgan fingerprint density at radius 2 is 1.69 bits per heavy atom. The highest BCUT2D eigenvalue weighted by Gasteiger charge is 2.50. The lowest BCUT2D eigenvalue weighted by Crippen LogP contribution is -2.60. The number of carbonyl (C=O) groups is 3. The molecule has 0 aliphatic carbocycles. The number of methoxy groups -OCH3 is 1. The molecule has 1 heterocycles. The van der Waals surface area contributed by atoms with Crippen LogP contribution in [0.3, 0.4) is 0 Å². The van der Waals surface area contributed by atoms with Crippen LogP contribution in [0.2, 0.25) is 5.02 Å². The molecule has 1 fully saturated rings. The van der Waals surface area contributed by atoms with Gasteiger partial charge in [-0.05, 0) is 60.7 Å². The Morgan fingerprint density at radius 3 is 2.25 bits per heavy atom. The van der Waals surface area contributed by atoms with Gasteiger partial charge >= 0.3 is 5.97 Å². The first-order valence-corrected chi connectivity index (χ1v) is 12.4. The van der Waals surface area contributed by atoms with Gasteiger partial charge in [0.2, 0.25) is 5.91 Å². The second kappa shape index (κ2) is 10.6. The lowest BCUT2D eigenvalue weighted by Gasteiger charge is -2.51. The maximum absolute atomic E-state index is 13.6. The number of likely N-dealkylation sites (tertiary alicyclic amines) is 1. The topological polar surface area (TPSA) is 95.9 Å². The maximum atomic E-state index is 13.6. The molecule has 0 aromatic heterocycles. The van der Waals surface area contributed by atoms with E-state index in [1.54, 1.807) is 36.1 Å². The van der Waals surface area contributed by atoms with Crippen LogP contribution in [-0.2, 0) is 15.1 Å². The second-order valence-corrected chi connectivity index (χ2v) is 11.0. The molecule has 2 aromatic rings. The molecule has 1 aliphatic heterocycles. The lowest BCUT2D eigenvalue weighted by atomic mass is 9.66. The van der Waals surface area contributed by atoms with Crippen molar-refractivity contribution in [2.75, 3.05) is 20.2 Å². The number of carbonyl (C=O) groups excluding carboxylic acids is 3. The lowest BCUT2D eigenvalue weighted by molar-refractivity contribution is -0.155. The average molecular weight is 515 g/mol. The van der Waals surface area contributed by atoms with Gasteiger partial charge in [-0.25, -0.2) is 4.79 Å². The Kier molecular flexibility index (Phi) is 8.16. The molecule has 7 nitrogen and oxygen atoms in total. The zero-order chi connectivity index (χ0) is 26.8. The fraction of sp³-hybridized carbons (Fsp3) is 0.464. The molecule has 3 rings (SSSR count). The number of rotatable bonds is 6. The first-order valence-electron chi connectivity index (χ1n) is 12.1. The number of esters is 1. The second-order valence-electron chi connectivity index (χ2n) is 10.5. The Balaban J connectivity index is 1.79. The van der Waals surface area contributed by atoms with E-state index in [2.05, 4.69) is 5.32 Å². The molecule has 1 saturated heterocycles. The van der Waals surface area contributed by atoms with Gasteiger partial charge in [0, 0.05) is 29.1 Å². The van der Waals surface area contributed by atoms with Crippen LogP contribution < -0.4 is 5.32 Å². The van der Waals surface area contributed by atoms with Crippen molar-refractivity contribution in [1.82, 2.24) is 10.2 Å². The van der Waals surface area contributed by atoms with E-state index in [1.807, 2.05) is 39.8 Å². The molecule has 0 radical (unpaired) electrons. The molecule has 0 spiro atoms. The van der Waals surface area contributed by atoms with Gasteiger partial charge in [-0.15, -0.1) is 0 Å². The minimum Gasteiger partial charge on any atom is -0.465 e. The summed E-state index contributed by atoms with van der Waals surface area (Å²) in [5.74, 6) is -1.35. The Morgan fingerprint density at radius 1 is 1.08 bits per heavy atom. The number of aliphatic hydroxyl groups is 1. The van der Waals surface area contributed by atoms with E-state index in [1.165, 1.54) is 13.2 Å². The summed E-state index contributed by atoms with van der Waals surface area (Å²) >= 11 is 6.03. The van der Waals surface area contributed by atoms with Gasteiger partial charge in [0.15, 0.2) is 0 Å². The SMILES string of the molecule is COC(=O)c1cc(C)cc(C(=O)N[C@@H](C(=O)N2CC[C@](O)(c3ccc(Cl)cc3)C(C)(C)C2)C(C)C)c1. The standard InChI is InChI=1S/C28H35ClN2O5/c1-17(2)23(30-24(32)19-13-18(3)14-20(15-19)26(34)36-6)25(33)31-12-11-28(35,27(4,5)16-31)21-7-9-22(29)10-8-21/h7-10,13-15,17,23,35H,11-12,16H2,1-6H3,(H,30,32)/t23-,28+/m1/s1. The van der Waals surface area contributed by atoms with Gasteiger partial charge in [-0.2, -0.15) is 0 Å². The molecule has 2 N–H and O–H groups in total. The van der Waals surface area contributed by atoms with Crippen molar-refractivity contribution in [3.63, 3.8) is 0 Å². The van der Waals surface area contributed by atoms with E-state index in [4.69, 9.17) is 16.3 Å². The normalized spacial score (nSPS) is 20.1. The highest BCUT2D eigenvalue weighted by atomic mass is 35.5. The highest BCUT2D eigenvalue weighted by Crippen LogP contribution is 2.46. The number of nitrogens with one attached hydrogen (secondary N) is 1. The van der Waals surface area contributed by atoms with Crippen molar-refractivity contribution in [3.05, 3.63) is 69.7 Å². The minimum absolute atomic E-state index is 0.175. The van der Waals surface area contributed by atoms with Gasteiger partial charge in [-0.3, -0.25) is 9.59 Å². The van der Waals surface area contributed by atoms with E-state index < -0.39 is 28.9 Å². The van der Waals surface area contributed by atoms with Crippen LogP contribution in [0, 0.1) is 18.3 Å². The number of hydrogen-bond donors (Lipinski definition) is 2. The molecule has 2 amide bonds. The minimum atomic E-state index is -1.13. The first kappa shape index (κ1) is 27.7. The Hall–Kier alpha value is -2.90. The van der Waals surface area contributed by atoms with E-state index in [0.717, 1.165) is 11.1 Å². The molecule has 36 heavy (non-hydrogen) atoms. The van der Waals surface area contributed by atoms with Crippen molar-refractivity contribution in [1.29, 1.82) is 0 Å². The van der Waals surface area contributed by atoms with Crippen molar-refractivity contribution in [3.8, 4) is 0 Å². The zero-order valence-corrected chi connectivity index (χ0v) is 22.5. The summed E-state index contributed by atoms with van der Waals surface area (Å²) in [5.41, 5.74) is 0.274. The predicted octanol–water partition coefficient (Wildman–Crippen LogP) is 4.34. The smallest absolute Gasteiger partial charge is 0.337 e. The summed E-state index contributed by atoms with van der Waals surface area (Å²) in [6.07, 6.45) is 0.354. The van der Waals surface area contributed by atoms with Crippen molar-refractivity contribution in [2.45, 2.75) is 52.7 Å². The van der Waals surface area contributed by atoms with Gasteiger partial charge in [0.1, 0.15) is 6.04 Å². The first-order chi connectivity index (χ1) is 16.8. The van der Waals surface area contributed by atoms with Crippen molar-refractivity contribution >= 4 is 29.4 Å². The number of hydrogen-bond acceptors (Lipinski definition) is 5. The molecule has 194 valence electrons. The monoisotopic (exact) mass is 514 g/mol. The third-order valence-corrected chi connectivity index (χ3v) is 7.31. The quantitative estimate of drug-likeness (QED) is 0.559. The van der Waals surface area contributed by atoms with Gasteiger partial charge < -0.3 is 20.1 Å². The highest BCUT2D eigenvalue weighted by molar-refractivity contribution is 6.30. The van der Waals surface area contributed by atoms with Crippen LogP contribution >= 0.6 is 11.6 Å². The molecule has 2 atom stereocenters. The molecule has 1 aliphatic rings. The number of benzene rings is 2. The van der Waals surface area contributed by atoms with Crippen LogP contribution in [0.15, 0.2) is 42.5 Å². The summed E-state index contributed by atoms with van der Waals surface area (Å²) in [6.45, 7) is 10.1. The van der Waals surface area contributed by atoms with E-state index >= 15 is 0 Å². The molecule has 8 heteroatoms. The summed E-state index contributed by atoms with van der Waals surface area (Å²) in [4.78, 5) is 40.4. The zero-order valence-electron chi connectivity index (χ0n) is 21.7. The van der Waals surface area contributed by atoms with Crippen LogP contribution in [0.5, 0.6) is 0 Å². The van der Waals surface area contributed by atoms with Crippen LogP contribution in [-0.4, -0.2) is 54.0 Å². The van der Waals surface area contributed by atoms with E-state index in [-0.39, 0.29) is 23.0 Å².